The van der Waals surface area contributed by atoms with Crippen molar-refractivity contribution in [3.8, 4) is 0 Å². The molecule has 0 radical (unpaired) electrons. The number of urea groups is 1. The fourth-order valence-corrected chi connectivity index (χ4v) is 3.23. The van der Waals surface area contributed by atoms with Crippen molar-refractivity contribution in [3.63, 3.8) is 0 Å². The fourth-order valence-electron chi connectivity index (χ4n) is 3.23. The van der Waals surface area contributed by atoms with E-state index in [0.717, 1.165) is 37.0 Å². The number of amides is 4. The number of hydrogen-bond donors (Lipinski definition) is 2. The Hall–Kier alpha value is -2.96. The van der Waals surface area contributed by atoms with E-state index in [4.69, 9.17) is 5.11 Å². The monoisotopic (exact) mass is 342 g/mol. The highest BCUT2D eigenvalue weighted by atomic mass is 16.4. The number of nitrogens with zero attached hydrogens (tertiary/aromatic N) is 1. The molecule has 7 heteroatoms. The van der Waals surface area contributed by atoms with Crippen molar-refractivity contribution in [2.24, 2.45) is 0 Å². The predicted molar refractivity (Wildman–Crippen MR) is 88.6 cm³/mol. The summed E-state index contributed by atoms with van der Waals surface area (Å²) in [4.78, 5) is 48.9. The molecule has 0 aromatic heterocycles. The van der Waals surface area contributed by atoms with E-state index in [-0.39, 0.29) is 17.2 Å². The second kappa shape index (κ2) is 6.88. The minimum atomic E-state index is -1.06. The molecule has 1 aliphatic heterocycles. The second-order valence-corrected chi connectivity index (χ2v) is 6.21. The molecule has 130 valence electrons. The Labute approximate surface area is 144 Å². The summed E-state index contributed by atoms with van der Waals surface area (Å²) in [5.41, 5.74) is 0.510. The number of carbonyl (C=O) groups is 4. The molecular weight excluding hydrogens is 324 g/mol. The van der Waals surface area contributed by atoms with Gasteiger partial charge in [0.25, 0.3) is 11.8 Å². The van der Waals surface area contributed by atoms with Gasteiger partial charge in [-0.3, -0.25) is 19.8 Å². The summed E-state index contributed by atoms with van der Waals surface area (Å²) in [6.07, 6.45) is 5.85. The molecule has 1 aromatic rings. The van der Waals surface area contributed by atoms with Crippen LogP contribution in [0.25, 0.3) is 6.08 Å². The van der Waals surface area contributed by atoms with Crippen molar-refractivity contribution >= 4 is 29.9 Å². The van der Waals surface area contributed by atoms with Gasteiger partial charge >= 0.3 is 12.0 Å². The number of rotatable bonds is 3. The molecule has 25 heavy (non-hydrogen) atoms. The van der Waals surface area contributed by atoms with Gasteiger partial charge < -0.3 is 5.11 Å². The molecule has 3 rings (SSSR count). The van der Waals surface area contributed by atoms with Crippen LogP contribution in [0.3, 0.4) is 0 Å². The minimum Gasteiger partial charge on any atom is -0.478 e. The topological polar surface area (TPSA) is 104 Å². The minimum absolute atomic E-state index is 0.112. The Morgan fingerprint density at radius 2 is 1.72 bits per heavy atom. The number of hydrogen-bond acceptors (Lipinski definition) is 4. The van der Waals surface area contributed by atoms with Crippen molar-refractivity contribution in [1.29, 1.82) is 0 Å². The average molecular weight is 342 g/mol. The van der Waals surface area contributed by atoms with Gasteiger partial charge in [-0.25, -0.2) is 9.59 Å². The molecule has 0 bridgehead atoms. The number of imide groups is 2. The van der Waals surface area contributed by atoms with Crippen LogP contribution in [0.2, 0.25) is 0 Å². The number of carboxylic acids is 1. The Morgan fingerprint density at radius 1 is 1.08 bits per heavy atom. The van der Waals surface area contributed by atoms with Crippen molar-refractivity contribution in [3.05, 3.63) is 41.0 Å². The van der Waals surface area contributed by atoms with E-state index < -0.39 is 23.8 Å². The average Bonchev–Trinajstić information content (AvgIpc) is 2.60. The maximum Gasteiger partial charge on any atom is 0.335 e. The van der Waals surface area contributed by atoms with E-state index >= 15 is 0 Å². The zero-order valence-corrected chi connectivity index (χ0v) is 13.5. The summed E-state index contributed by atoms with van der Waals surface area (Å²) in [6.45, 7) is 0. The van der Waals surface area contributed by atoms with Gasteiger partial charge in [0.15, 0.2) is 0 Å². The molecule has 0 spiro atoms. The highest BCUT2D eigenvalue weighted by molar-refractivity contribution is 6.31. The highest BCUT2D eigenvalue weighted by Gasteiger charge is 2.40. The van der Waals surface area contributed by atoms with Gasteiger partial charge in [0.1, 0.15) is 5.57 Å². The van der Waals surface area contributed by atoms with Gasteiger partial charge in [0.05, 0.1) is 5.56 Å². The van der Waals surface area contributed by atoms with Crippen LogP contribution in [0.4, 0.5) is 4.79 Å². The van der Waals surface area contributed by atoms with E-state index in [9.17, 15) is 19.2 Å². The third-order valence-corrected chi connectivity index (χ3v) is 4.54. The lowest BCUT2D eigenvalue weighted by atomic mass is 9.93. The third kappa shape index (κ3) is 3.45. The first kappa shape index (κ1) is 16.9. The summed E-state index contributed by atoms with van der Waals surface area (Å²) >= 11 is 0. The van der Waals surface area contributed by atoms with Crippen LogP contribution in [0.5, 0.6) is 0 Å². The van der Waals surface area contributed by atoms with Gasteiger partial charge in [-0.15, -0.1) is 0 Å². The number of barbiturate groups is 1. The standard InChI is InChI=1S/C18H18N2O5/c21-15-14(10-11-6-8-12(9-7-11)17(23)24)16(22)20(18(25)19-15)13-4-2-1-3-5-13/h6-10,13H,1-5H2,(H,23,24)(H,19,21,25)/b14-10+. The van der Waals surface area contributed by atoms with E-state index in [1.54, 1.807) is 0 Å². The Bertz CT molecular complexity index is 760. The van der Waals surface area contributed by atoms with Crippen LogP contribution in [-0.4, -0.2) is 39.9 Å². The molecule has 1 aromatic carbocycles. The fraction of sp³-hybridized carbons (Fsp3) is 0.333. The molecule has 0 unspecified atom stereocenters. The lowest BCUT2D eigenvalue weighted by molar-refractivity contribution is -0.132. The zero-order chi connectivity index (χ0) is 18.0. The van der Waals surface area contributed by atoms with Crippen LogP contribution in [0.1, 0.15) is 48.0 Å². The molecule has 2 aliphatic rings. The van der Waals surface area contributed by atoms with Crippen LogP contribution in [0.15, 0.2) is 29.8 Å². The molecule has 2 fully saturated rings. The van der Waals surface area contributed by atoms with Crippen LogP contribution in [0, 0.1) is 0 Å². The maximum absolute atomic E-state index is 12.7. The molecule has 1 saturated carbocycles. The summed E-state index contributed by atoms with van der Waals surface area (Å²) < 4.78 is 0. The van der Waals surface area contributed by atoms with Crippen molar-refractivity contribution < 1.29 is 24.3 Å². The third-order valence-electron chi connectivity index (χ3n) is 4.54. The molecule has 1 aliphatic carbocycles. The number of carbonyl (C=O) groups excluding carboxylic acids is 3. The second-order valence-electron chi connectivity index (χ2n) is 6.21. The lowest BCUT2D eigenvalue weighted by Crippen LogP contribution is -2.58. The summed E-state index contributed by atoms with van der Waals surface area (Å²) in [7, 11) is 0. The summed E-state index contributed by atoms with van der Waals surface area (Å²) in [5.74, 6) is -2.38. The number of benzene rings is 1. The first-order chi connectivity index (χ1) is 12.0. The summed E-state index contributed by atoms with van der Waals surface area (Å²) in [6, 6.07) is 4.96. The molecular formula is C18H18N2O5. The molecule has 1 saturated heterocycles. The van der Waals surface area contributed by atoms with E-state index in [1.165, 1.54) is 30.3 Å². The number of carboxylic acid groups (broad SMARTS) is 1. The van der Waals surface area contributed by atoms with Crippen LogP contribution < -0.4 is 5.32 Å². The molecule has 7 nitrogen and oxygen atoms in total. The van der Waals surface area contributed by atoms with E-state index in [0.29, 0.717) is 5.56 Å². The Balaban J connectivity index is 1.88. The molecule has 0 atom stereocenters. The Morgan fingerprint density at radius 3 is 2.32 bits per heavy atom. The van der Waals surface area contributed by atoms with E-state index in [1.807, 2.05) is 0 Å². The predicted octanol–water partition coefficient (Wildman–Crippen LogP) is 2.18. The van der Waals surface area contributed by atoms with Gasteiger partial charge in [-0.05, 0) is 36.6 Å². The van der Waals surface area contributed by atoms with Gasteiger partial charge in [-0.1, -0.05) is 31.4 Å². The lowest BCUT2D eigenvalue weighted by Gasteiger charge is -2.35. The normalized spacial score (nSPS) is 20.7. The van der Waals surface area contributed by atoms with Gasteiger partial charge in [0, 0.05) is 6.04 Å². The van der Waals surface area contributed by atoms with Gasteiger partial charge in [0.2, 0.25) is 0 Å². The van der Waals surface area contributed by atoms with Crippen LogP contribution >= 0.6 is 0 Å². The number of aromatic carboxylic acids is 1. The molecule has 1 heterocycles. The maximum atomic E-state index is 12.7. The van der Waals surface area contributed by atoms with Gasteiger partial charge in [-0.2, -0.15) is 0 Å². The quantitative estimate of drug-likeness (QED) is 0.647. The SMILES string of the molecule is O=C1NC(=O)N(C2CCCCC2)C(=O)/C1=C/c1ccc(C(=O)O)cc1. The smallest absolute Gasteiger partial charge is 0.335 e. The van der Waals surface area contributed by atoms with Crippen LogP contribution in [-0.2, 0) is 9.59 Å². The first-order valence-electron chi connectivity index (χ1n) is 8.21. The number of nitrogens with one attached hydrogen (secondary N) is 1. The van der Waals surface area contributed by atoms with E-state index in [2.05, 4.69) is 5.32 Å². The van der Waals surface area contributed by atoms with Crippen molar-refractivity contribution in [2.75, 3.05) is 0 Å². The zero-order valence-electron chi connectivity index (χ0n) is 13.5. The Kier molecular flexibility index (Phi) is 4.65. The largest absolute Gasteiger partial charge is 0.478 e. The molecule has 2 N–H and O–H groups in total. The highest BCUT2D eigenvalue weighted by Crippen LogP contribution is 2.26. The van der Waals surface area contributed by atoms with Crippen molar-refractivity contribution in [2.45, 2.75) is 38.1 Å². The molecule has 4 amide bonds. The van der Waals surface area contributed by atoms with Crippen molar-refractivity contribution in [1.82, 2.24) is 10.2 Å². The summed E-state index contributed by atoms with van der Waals surface area (Å²) in [5, 5.41) is 11.1. The first-order valence-corrected chi connectivity index (χ1v) is 8.21.